The lowest BCUT2D eigenvalue weighted by Gasteiger charge is -2.17. The van der Waals surface area contributed by atoms with E-state index in [2.05, 4.69) is 116 Å². The van der Waals surface area contributed by atoms with Gasteiger partial charge in [0.15, 0.2) is 0 Å². The van der Waals surface area contributed by atoms with E-state index in [4.69, 9.17) is 0 Å². The fraction of sp³-hybridized carbons (Fsp3) is 0.294. The lowest BCUT2D eigenvalue weighted by molar-refractivity contribution is 1.10. The van der Waals surface area contributed by atoms with Crippen molar-refractivity contribution in [2.24, 2.45) is 0 Å². The van der Waals surface area contributed by atoms with Crippen molar-refractivity contribution in [2.45, 2.75) is 68.2 Å². The van der Waals surface area contributed by atoms with Crippen LogP contribution in [0.4, 0.5) is 0 Å². The molecule has 0 aliphatic carbocycles. The van der Waals surface area contributed by atoms with Crippen LogP contribution in [0.15, 0.2) is 60.7 Å². The zero-order valence-electron chi connectivity index (χ0n) is 22.2. The zero-order chi connectivity index (χ0) is 24.6. The highest BCUT2D eigenvalue weighted by molar-refractivity contribution is 5.69. The first-order valence-corrected chi connectivity index (χ1v) is 12.4. The van der Waals surface area contributed by atoms with Gasteiger partial charge < -0.3 is 0 Å². The summed E-state index contributed by atoms with van der Waals surface area (Å²) in [5.41, 5.74) is 19.3. The third-order valence-electron chi connectivity index (χ3n) is 7.64. The topological polar surface area (TPSA) is 0 Å². The van der Waals surface area contributed by atoms with Gasteiger partial charge >= 0.3 is 0 Å². The average molecular weight is 447 g/mol. The lowest BCUT2D eigenvalue weighted by Crippen LogP contribution is -2.00. The van der Waals surface area contributed by atoms with Gasteiger partial charge in [-0.1, -0.05) is 71.8 Å². The van der Waals surface area contributed by atoms with Crippen molar-refractivity contribution in [2.75, 3.05) is 0 Å². The molecule has 0 N–H and O–H groups in total. The minimum absolute atomic E-state index is 0.979. The third kappa shape index (κ3) is 5.02. The SMILES string of the molecule is Cc1ccc(Cc2cc(-c3cc(C)c(C)c(Cc4ccc(C)cc4C)c3)cc(C)c2C)c(C)c1. The molecule has 0 aliphatic heterocycles. The van der Waals surface area contributed by atoms with Gasteiger partial charge in [-0.2, -0.15) is 0 Å². The smallest absolute Gasteiger partial charge is 0.00202 e. The van der Waals surface area contributed by atoms with Crippen LogP contribution in [-0.4, -0.2) is 0 Å². The van der Waals surface area contributed by atoms with Crippen LogP contribution in [0.2, 0.25) is 0 Å². The van der Waals surface area contributed by atoms with E-state index in [1.807, 2.05) is 0 Å². The van der Waals surface area contributed by atoms with Gasteiger partial charge in [0.25, 0.3) is 0 Å². The van der Waals surface area contributed by atoms with Gasteiger partial charge in [-0.3, -0.25) is 0 Å². The standard InChI is InChI=1S/C34H38/c1-21-9-11-29(25(5)13-21)17-31-19-33(15-23(3)27(31)7)34-16-24(4)28(8)32(20-34)18-30-12-10-22(2)14-26(30)6/h9-16,19-20H,17-18H2,1-8H3. The first-order chi connectivity index (χ1) is 16.1. The molecule has 0 amide bonds. The summed E-state index contributed by atoms with van der Waals surface area (Å²) in [5, 5.41) is 0. The highest BCUT2D eigenvalue weighted by atomic mass is 14.2. The van der Waals surface area contributed by atoms with Crippen LogP contribution in [0.1, 0.15) is 66.8 Å². The number of benzene rings is 4. The third-order valence-corrected chi connectivity index (χ3v) is 7.64. The fourth-order valence-corrected chi connectivity index (χ4v) is 5.06. The second kappa shape index (κ2) is 9.63. The van der Waals surface area contributed by atoms with Gasteiger partial charge in [0.05, 0.1) is 0 Å². The van der Waals surface area contributed by atoms with E-state index in [-0.39, 0.29) is 0 Å². The van der Waals surface area contributed by atoms with Gasteiger partial charge in [0.2, 0.25) is 0 Å². The first kappa shape index (κ1) is 24.0. The molecule has 0 saturated heterocycles. The molecule has 0 bridgehead atoms. The minimum Gasteiger partial charge on any atom is -0.0590 e. The van der Waals surface area contributed by atoms with E-state index in [9.17, 15) is 0 Å². The Bertz CT molecular complexity index is 1260. The second-order valence-electron chi connectivity index (χ2n) is 10.4. The van der Waals surface area contributed by atoms with Gasteiger partial charge in [0, 0.05) is 0 Å². The summed E-state index contributed by atoms with van der Waals surface area (Å²) >= 11 is 0. The molecule has 0 heteroatoms. The maximum absolute atomic E-state index is 2.42. The van der Waals surface area contributed by atoms with E-state index < -0.39 is 0 Å². The zero-order valence-corrected chi connectivity index (χ0v) is 22.2. The average Bonchev–Trinajstić information content (AvgIpc) is 2.77. The molecule has 174 valence electrons. The molecule has 0 aliphatic rings. The van der Waals surface area contributed by atoms with Crippen LogP contribution < -0.4 is 0 Å². The maximum Gasteiger partial charge on any atom is -0.00202 e. The normalized spacial score (nSPS) is 11.2. The molecule has 4 aromatic rings. The predicted molar refractivity (Wildman–Crippen MR) is 148 cm³/mol. The van der Waals surface area contributed by atoms with Gasteiger partial charge in [0.1, 0.15) is 0 Å². The Balaban J connectivity index is 1.75. The maximum atomic E-state index is 2.42. The van der Waals surface area contributed by atoms with Crippen molar-refractivity contribution in [1.82, 2.24) is 0 Å². The van der Waals surface area contributed by atoms with E-state index in [0.717, 1.165) is 12.8 Å². The largest absolute Gasteiger partial charge is 0.0590 e. The van der Waals surface area contributed by atoms with E-state index in [0.29, 0.717) is 0 Å². The molecule has 0 saturated carbocycles. The molecule has 0 aromatic heterocycles. The molecule has 4 rings (SSSR count). The van der Waals surface area contributed by atoms with Crippen molar-refractivity contribution in [3.05, 3.63) is 127 Å². The first-order valence-electron chi connectivity index (χ1n) is 12.4. The van der Waals surface area contributed by atoms with Crippen molar-refractivity contribution in [3.8, 4) is 11.1 Å². The summed E-state index contributed by atoms with van der Waals surface area (Å²) in [6.07, 6.45) is 1.96. The van der Waals surface area contributed by atoms with Crippen LogP contribution in [0.3, 0.4) is 0 Å². The van der Waals surface area contributed by atoms with Crippen LogP contribution in [0, 0.1) is 55.4 Å². The van der Waals surface area contributed by atoms with Crippen molar-refractivity contribution in [1.29, 1.82) is 0 Å². The Morgan fingerprint density at radius 2 is 0.765 bits per heavy atom. The van der Waals surface area contributed by atoms with Gasteiger partial charge in [-0.05, 0) is 135 Å². The van der Waals surface area contributed by atoms with Crippen molar-refractivity contribution in [3.63, 3.8) is 0 Å². The van der Waals surface area contributed by atoms with E-state index in [1.54, 1.807) is 0 Å². The Kier molecular flexibility index (Phi) is 6.80. The van der Waals surface area contributed by atoms with Gasteiger partial charge in [-0.15, -0.1) is 0 Å². The summed E-state index contributed by atoms with van der Waals surface area (Å²) in [7, 11) is 0. The molecular formula is C34H38. The molecule has 0 unspecified atom stereocenters. The Morgan fingerprint density at radius 3 is 1.12 bits per heavy atom. The molecule has 4 aromatic carbocycles. The summed E-state index contributed by atoms with van der Waals surface area (Å²) in [6.45, 7) is 17.8. The minimum atomic E-state index is 0.979. The summed E-state index contributed by atoms with van der Waals surface area (Å²) in [4.78, 5) is 0. The molecule has 0 radical (unpaired) electrons. The second-order valence-corrected chi connectivity index (χ2v) is 10.4. The molecule has 0 heterocycles. The van der Waals surface area contributed by atoms with E-state index in [1.165, 1.54) is 77.9 Å². The highest BCUT2D eigenvalue weighted by Crippen LogP contribution is 2.31. The number of hydrogen-bond donors (Lipinski definition) is 0. The van der Waals surface area contributed by atoms with Crippen LogP contribution in [-0.2, 0) is 12.8 Å². The van der Waals surface area contributed by atoms with Crippen LogP contribution in [0.5, 0.6) is 0 Å². The van der Waals surface area contributed by atoms with Crippen LogP contribution >= 0.6 is 0 Å². The fourth-order valence-electron chi connectivity index (χ4n) is 5.06. The Labute approximate surface area is 206 Å². The van der Waals surface area contributed by atoms with Crippen molar-refractivity contribution >= 4 is 0 Å². The molecule has 0 spiro atoms. The summed E-state index contributed by atoms with van der Waals surface area (Å²) in [6, 6.07) is 23.2. The Hall–Kier alpha value is -3.12. The molecule has 0 nitrogen and oxygen atoms in total. The van der Waals surface area contributed by atoms with Crippen molar-refractivity contribution < 1.29 is 0 Å². The Morgan fingerprint density at radius 1 is 0.382 bits per heavy atom. The summed E-state index contributed by atoms with van der Waals surface area (Å²) in [5.74, 6) is 0. The quantitative estimate of drug-likeness (QED) is 0.287. The summed E-state index contributed by atoms with van der Waals surface area (Å²) < 4.78 is 0. The number of aryl methyl sites for hydroxylation is 6. The molecular weight excluding hydrogens is 408 g/mol. The van der Waals surface area contributed by atoms with Gasteiger partial charge in [-0.25, -0.2) is 0 Å². The number of rotatable bonds is 5. The monoisotopic (exact) mass is 446 g/mol. The molecule has 0 fully saturated rings. The molecule has 0 atom stereocenters. The lowest BCUT2D eigenvalue weighted by atomic mass is 9.88. The molecule has 34 heavy (non-hydrogen) atoms. The van der Waals surface area contributed by atoms with Crippen LogP contribution in [0.25, 0.3) is 11.1 Å². The number of hydrogen-bond acceptors (Lipinski definition) is 0. The highest BCUT2D eigenvalue weighted by Gasteiger charge is 2.12. The van der Waals surface area contributed by atoms with E-state index >= 15 is 0 Å². The predicted octanol–water partition coefficient (Wildman–Crippen LogP) is 9.00.